The Morgan fingerprint density at radius 2 is 2.26 bits per heavy atom. The first-order chi connectivity index (χ1) is 8.96. The Labute approximate surface area is 120 Å². The first-order valence-corrected chi connectivity index (χ1v) is 8.56. The maximum absolute atomic E-state index is 10.4. The van der Waals surface area contributed by atoms with Gasteiger partial charge in [0.15, 0.2) is 0 Å². The van der Waals surface area contributed by atoms with E-state index in [0.717, 1.165) is 25.3 Å². The van der Waals surface area contributed by atoms with E-state index < -0.39 is 0 Å². The lowest BCUT2D eigenvalue weighted by molar-refractivity contribution is 0.0977. The number of aliphatic hydroxyl groups excluding tert-OH is 1. The van der Waals surface area contributed by atoms with Crippen LogP contribution in [0.1, 0.15) is 49.7 Å². The Hall–Kier alpha value is -0.410. The van der Waals surface area contributed by atoms with Crippen LogP contribution in [0, 0.1) is 18.3 Å². The Bertz CT molecular complexity index is 471. The molecule has 2 atom stereocenters. The van der Waals surface area contributed by atoms with Gasteiger partial charge in [0.05, 0.1) is 6.10 Å². The minimum absolute atomic E-state index is 0.222. The van der Waals surface area contributed by atoms with Crippen molar-refractivity contribution in [1.29, 1.82) is 0 Å². The number of hydrogen-bond acceptors (Lipinski definition) is 2. The molecule has 3 heteroatoms. The summed E-state index contributed by atoms with van der Waals surface area (Å²) in [7, 11) is 0. The summed E-state index contributed by atoms with van der Waals surface area (Å²) in [5, 5.41) is 10.4. The molecule has 19 heavy (non-hydrogen) atoms. The van der Waals surface area contributed by atoms with Gasteiger partial charge in [-0.3, -0.25) is 0 Å². The van der Waals surface area contributed by atoms with Crippen molar-refractivity contribution in [3.63, 3.8) is 0 Å². The van der Waals surface area contributed by atoms with Gasteiger partial charge in [0.25, 0.3) is 0 Å². The highest BCUT2D eigenvalue weighted by Gasteiger charge is 2.34. The summed E-state index contributed by atoms with van der Waals surface area (Å²) in [6.45, 7) is 7.89. The van der Waals surface area contributed by atoms with Gasteiger partial charge in [0.1, 0.15) is 0 Å². The second-order valence-electron chi connectivity index (χ2n) is 7.09. The Morgan fingerprint density at radius 3 is 2.95 bits per heavy atom. The number of nitrogens with zero attached hydrogens (tertiary/aromatic N) is 1. The minimum Gasteiger partial charge on any atom is -0.388 e. The topological polar surface area (TPSA) is 25.2 Å². The molecular weight excluding hydrogens is 254 g/mol. The van der Waals surface area contributed by atoms with E-state index in [0.29, 0.717) is 0 Å². The quantitative estimate of drug-likeness (QED) is 0.895. The van der Waals surface area contributed by atoms with Crippen molar-refractivity contribution < 1.29 is 5.11 Å². The lowest BCUT2D eigenvalue weighted by Crippen LogP contribution is -2.27. The van der Waals surface area contributed by atoms with Crippen molar-refractivity contribution in [2.45, 2.75) is 52.7 Å². The molecule has 2 aliphatic rings. The highest BCUT2D eigenvalue weighted by Crippen LogP contribution is 2.42. The van der Waals surface area contributed by atoms with Gasteiger partial charge in [-0.1, -0.05) is 13.8 Å². The van der Waals surface area contributed by atoms with Crippen LogP contribution in [-0.4, -0.2) is 21.2 Å². The summed E-state index contributed by atoms with van der Waals surface area (Å²) in [6, 6.07) is 2.22. The number of aryl methyl sites for hydroxylation is 1. The van der Waals surface area contributed by atoms with Gasteiger partial charge in [0.2, 0.25) is 0 Å². The minimum atomic E-state index is -0.267. The molecule has 106 valence electrons. The Balaban J connectivity index is 1.92. The van der Waals surface area contributed by atoms with Gasteiger partial charge in [-0.05, 0) is 55.1 Å². The van der Waals surface area contributed by atoms with E-state index in [1.807, 2.05) is 0 Å². The van der Waals surface area contributed by atoms with Crippen LogP contribution in [-0.2, 0) is 13.0 Å². The second kappa shape index (κ2) is 4.85. The predicted molar refractivity (Wildman–Crippen MR) is 81.7 cm³/mol. The van der Waals surface area contributed by atoms with Crippen LogP contribution < -0.4 is 0 Å². The van der Waals surface area contributed by atoms with Gasteiger partial charge in [-0.2, -0.15) is 11.8 Å². The summed E-state index contributed by atoms with van der Waals surface area (Å²) >= 11 is 2.08. The van der Waals surface area contributed by atoms with E-state index in [4.69, 9.17) is 0 Å². The molecule has 1 aliphatic carbocycles. The van der Waals surface area contributed by atoms with Crippen molar-refractivity contribution in [2.75, 3.05) is 11.5 Å². The molecule has 1 aliphatic heterocycles. The third kappa shape index (κ3) is 2.59. The van der Waals surface area contributed by atoms with Gasteiger partial charge in [-0.25, -0.2) is 0 Å². The normalized spacial score (nSPS) is 29.5. The third-order valence-electron chi connectivity index (χ3n) is 4.66. The van der Waals surface area contributed by atoms with E-state index in [1.165, 1.54) is 34.9 Å². The van der Waals surface area contributed by atoms with Crippen molar-refractivity contribution in [3.05, 3.63) is 23.0 Å². The van der Waals surface area contributed by atoms with Gasteiger partial charge >= 0.3 is 0 Å². The average molecular weight is 279 g/mol. The lowest BCUT2D eigenvalue weighted by Gasteiger charge is -2.34. The molecule has 0 amide bonds. The van der Waals surface area contributed by atoms with Crippen LogP contribution >= 0.6 is 11.8 Å². The highest BCUT2D eigenvalue weighted by atomic mass is 32.2. The lowest BCUT2D eigenvalue weighted by atomic mass is 9.75. The van der Waals surface area contributed by atoms with Crippen LogP contribution in [0.2, 0.25) is 0 Å². The summed E-state index contributed by atoms with van der Waals surface area (Å²) in [6.07, 6.45) is 3.08. The van der Waals surface area contributed by atoms with Crippen molar-refractivity contribution >= 4 is 11.8 Å². The summed E-state index contributed by atoms with van der Waals surface area (Å²) in [5.74, 6) is 3.45. The third-order valence-corrected chi connectivity index (χ3v) is 5.90. The molecule has 2 unspecified atom stereocenters. The molecule has 2 heterocycles. The fraction of sp³-hybridized carbons (Fsp3) is 0.750. The number of fused-ring (bicyclic) bond motifs is 1. The molecule has 1 aromatic heterocycles. The van der Waals surface area contributed by atoms with Gasteiger partial charge < -0.3 is 9.67 Å². The highest BCUT2D eigenvalue weighted by molar-refractivity contribution is 7.99. The first-order valence-electron chi connectivity index (χ1n) is 7.41. The molecule has 0 bridgehead atoms. The van der Waals surface area contributed by atoms with Crippen LogP contribution in [0.3, 0.4) is 0 Å². The molecule has 0 aromatic carbocycles. The second-order valence-corrected chi connectivity index (χ2v) is 8.24. The number of aromatic nitrogens is 1. The van der Waals surface area contributed by atoms with E-state index in [-0.39, 0.29) is 11.5 Å². The van der Waals surface area contributed by atoms with E-state index >= 15 is 0 Å². The van der Waals surface area contributed by atoms with Crippen LogP contribution in [0.15, 0.2) is 6.07 Å². The molecule has 1 saturated heterocycles. The molecule has 1 aromatic rings. The Morgan fingerprint density at radius 1 is 1.47 bits per heavy atom. The molecule has 1 fully saturated rings. The fourth-order valence-corrected chi connectivity index (χ4v) is 4.91. The zero-order valence-electron chi connectivity index (χ0n) is 12.3. The fourth-order valence-electron chi connectivity index (χ4n) is 3.64. The predicted octanol–water partition coefficient (Wildman–Crippen LogP) is 3.56. The summed E-state index contributed by atoms with van der Waals surface area (Å²) < 4.78 is 2.50. The van der Waals surface area contributed by atoms with Gasteiger partial charge in [-0.15, -0.1) is 0 Å². The van der Waals surface area contributed by atoms with E-state index in [2.05, 4.69) is 43.2 Å². The molecule has 0 saturated carbocycles. The number of hydrogen-bond donors (Lipinski definition) is 1. The first kappa shape index (κ1) is 13.6. The maximum atomic E-state index is 10.4. The van der Waals surface area contributed by atoms with E-state index in [1.54, 1.807) is 0 Å². The van der Waals surface area contributed by atoms with Crippen LogP contribution in [0.5, 0.6) is 0 Å². The molecule has 2 nitrogen and oxygen atoms in total. The Kier molecular flexibility index (Phi) is 3.46. The maximum Gasteiger partial charge on any atom is 0.0812 e. The molecule has 1 N–H and O–H groups in total. The molecule has 0 spiro atoms. The molecular formula is C16H25NOS. The van der Waals surface area contributed by atoms with Crippen molar-refractivity contribution in [2.24, 2.45) is 11.3 Å². The summed E-state index contributed by atoms with van der Waals surface area (Å²) in [4.78, 5) is 0. The SMILES string of the molecule is Cc1cc2c(n1CC1CCSC1)CC(C)(C)CC2O. The largest absolute Gasteiger partial charge is 0.388 e. The standard InChI is InChI=1S/C16H25NOS/c1-11-6-13-14(7-16(2,3)8-15(13)18)17(11)9-12-4-5-19-10-12/h6,12,15,18H,4-5,7-10H2,1-3H3. The van der Waals surface area contributed by atoms with Crippen LogP contribution in [0.25, 0.3) is 0 Å². The van der Waals surface area contributed by atoms with Crippen molar-refractivity contribution in [1.82, 2.24) is 4.57 Å². The number of aliphatic hydroxyl groups is 1. The zero-order chi connectivity index (χ0) is 13.6. The monoisotopic (exact) mass is 279 g/mol. The molecule has 3 rings (SSSR count). The summed E-state index contributed by atoms with van der Waals surface area (Å²) in [5.41, 5.74) is 4.15. The van der Waals surface area contributed by atoms with Crippen molar-refractivity contribution in [3.8, 4) is 0 Å². The number of thioether (sulfide) groups is 1. The smallest absolute Gasteiger partial charge is 0.0812 e. The number of rotatable bonds is 2. The average Bonchev–Trinajstić information content (AvgIpc) is 2.90. The van der Waals surface area contributed by atoms with Crippen LogP contribution in [0.4, 0.5) is 0 Å². The van der Waals surface area contributed by atoms with Gasteiger partial charge in [0, 0.05) is 23.5 Å². The van der Waals surface area contributed by atoms with E-state index in [9.17, 15) is 5.11 Å². The molecule has 0 radical (unpaired) electrons. The zero-order valence-corrected chi connectivity index (χ0v) is 13.1.